The second kappa shape index (κ2) is 8.29. The molecule has 3 aromatic rings. The molecule has 0 aliphatic heterocycles. The van der Waals surface area contributed by atoms with Gasteiger partial charge in [-0.3, -0.25) is 9.78 Å². The summed E-state index contributed by atoms with van der Waals surface area (Å²) < 4.78 is 15.8. The van der Waals surface area contributed by atoms with E-state index in [0.717, 1.165) is 25.7 Å². The first-order valence-electron chi connectivity index (χ1n) is 9.66. The smallest absolute Gasteiger partial charge is 0.274 e. The Labute approximate surface area is 162 Å². The number of rotatable bonds is 4. The second-order valence-corrected chi connectivity index (χ2v) is 7.05. The molecule has 0 unspecified atom stereocenters. The highest BCUT2D eigenvalue weighted by molar-refractivity contribution is 5.98. The molecular formula is C21H22FN5O. The van der Waals surface area contributed by atoms with Crippen LogP contribution in [-0.4, -0.2) is 31.9 Å². The zero-order chi connectivity index (χ0) is 19.3. The molecule has 1 N–H and O–H groups in total. The third-order valence-corrected chi connectivity index (χ3v) is 5.09. The fraction of sp³-hybridized carbons (Fsp3) is 0.333. The van der Waals surface area contributed by atoms with Gasteiger partial charge in [0, 0.05) is 24.0 Å². The van der Waals surface area contributed by atoms with Gasteiger partial charge in [0.2, 0.25) is 0 Å². The molecule has 0 saturated heterocycles. The van der Waals surface area contributed by atoms with Gasteiger partial charge in [-0.15, -0.1) is 5.10 Å². The monoisotopic (exact) mass is 379 g/mol. The number of carbonyl (C=O) groups excluding carboxylic acids is 1. The number of halogens is 1. The Morgan fingerprint density at radius 1 is 1.07 bits per heavy atom. The molecule has 1 aromatic carbocycles. The van der Waals surface area contributed by atoms with Crippen molar-refractivity contribution >= 4 is 5.91 Å². The summed E-state index contributed by atoms with van der Waals surface area (Å²) in [5, 5.41) is 11.3. The van der Waals surface area contributed by atoms with Crippen LogP contribution < -0.4 is 5.32 Å². The SMILES string of the molecule is O=C(NC1CCCCCC1)c1nnn(-c2ccccc2F)c1-c1cccnc1. The Morgan fingerprint density at radius 2 is 1.86 bits per heavy atom. The molecule has 7 heteroatoms. The Bertz CT molecular complexity index is 948. The van der Waals surface area contributed by atoms with E-state index < -0.39 is 5.82 Å². The maximum Gasteiger partial charge on any atom is 0.274 e. The van der Waals surface area contributed by atoms with Gasteiger partial charge in [0.1, 0.15) is 17.2 Å². The van der Waals surface area contributed by atoms with Crippen LogP contribution in [0.4, 0.5) is 4.39 Å². The van der Waals surface area contributed by atoms with Crippen molar-refractivity contribution in [3.8, 4) is 16.9 Å². The predicted molar refractivity (Wildman–Crippen MR) is 104 cm³/mol. The van der Waals surface area contributed by atoms with Gasteiger partial charge in [-0.1, -0.05) is 43.0 Å². The van der Waals surface area contributed by atoms with E-state index >= 15 is 0 Å². The lowest BCUT2D eigenvalue weighted by molar-refractivity contribution is 0.0929. The van der Waals surface area contributed by atoms with Crippen molar-refractivity contribution in [3.05, 3.63) is 60.3 Å². The Balaban J connectivity index is 1.73. The molecule has 0 atom stereocenters. The summed E-state index contributed by atoms with van der Waals surface area (Å²) in [6, 6.07) is 10.0. The number of carbonyl (C=O) groups is 1. The van der Waals surface area contributed by atoms with Gasteiger partial charge in [-0.25, -0.2) is 9.07 Å². The molecule has 0 spiro atoms. The molecule has 4 rings (SSSR count). The molecule has 1 fully saturated rings. The van der Waals surface area contributed by atoms with Crippen molar-refractivity contribution < 1.29 is 9.18 Å². The summed E-state index contributed by atoms with van der Waals surface area (Å²) in [4.78, 5) is 17.1. The van der Waals surface area contributed by atoms with Crippen molar-refractivity contribution in [1.29, 1.82) is 0 Å². The standard InChI is InChI=1S/C21H22FN5O/c22-17-11-5-6-12-18(17)27-20(15-8-7-13-23-14-15)19(25-26-27)21(28)24-16-9-3-1-2-4-10-16/h5-8,11-14,16H,1-4,9-10H2,(H,24,28). The number of hydrogen-bond donors (Lipinski definition) is 1. The third-order valence-electron chi connectivity index (χ3n) is 5.09. The summed E-state index contributed by atoms with van der Waals surface area (Å²) in [5.41, 5.74) is 1.51. The third kappa shape index (κ3) is 3.78. The highest BCUT2D eigenvalue weighted by atomic mass is 19.1. The van der Waals surface area contributed by atoms with Crippen molar-refractivity contribution in [2.24, 2.45) is 0 Å². The maximum absolute atomic E-state index is 14.4. The van der Waals surface area contributed by atoms with E-state index in [2.05, 4.69) is 20.6 Å². The van der Waals surface area contributed by atoms with Gasteiger partial charge < -0.3 is 5.32 Å². The van der Waals surface area contributed by atoms with Gasteiger partial charge in [-0.2, -0.15) is 0 Å². The lowest BCUT2D eigenvalue weighted by atomic mass is 10.1. The van der Waals surface area contributed by atoms with Gasteiger partial charge >= 0.3 is 0 Å². The fourth-order valence-corrected chi connectivity index (χ4v) is 3.67. The van der Waals surface area contributed by atoms with Gasteiger partial charge in [0.15, 0.2) is 5.69 Å². The number of benzene rings is 1. The molecule has 1 aliphatic carbocycles. The highest BCUT2D eigenvalue weighted by Crippen LogP contribution is 2.26. The van der Waals surface area contributed by atoms with E-state index in [1.807, 2.05) is 6.07 Å². The normalized spacial score (nSPS) is 15.2. The first-order valence-corrected chi connectivity index (χ1v) is 9.66. The fourth-order valence-electron chi connectivity index (χ4n) is 3.67. The number of amides is 1. The van der Waals surface area contributed by atoms with Crippen LogP contribution in [0.15, 0.2) is 48.8 Å². The molecule has 1 aliphatic rings. The van der Waals surface area contributed by atoms with Crippen molar-refractivity contribution in [1.82, 2.24) is 25.3 Å². The number of pyridine rings is 1. The van der Waals surface area contributed by atoms with Crippen LogP contribution in [0.2, 0.25) is 0 Å². The predicted octanol–water partition coefficient (Wildman–Crippen LogP) is 3.92. The van der Waals surface area contributed by atoms with Crippen molar-refractivity contribution in [3.63, 3.8) is 0 Å². The zero-order valence-electron chi connectivity index (χ0n) is 15.5. The summed E-state index contributed by atoms with van der Waals surface area (Å²) in [6.07, 6.45) is 9.84. The topological polar surface area (TPSA) is 72.7 Å². The van der Waals surface area contributed by atoms with Crippen molar-refractivity contribution in [2.75, 3.05) is 0 Å². The molecule has 0 radical (unpaired) electrons. The number of aromatic nitrogens is 4. The lowest BCUT2D eigenvalue weighted by Crippen LogP contribution is -2.35. The van der Waals surface area contributed by atoms with E-state index in [0.29, 0.717) is 11.3 Å². The first kappa shape index (κ1) is 18.3. The van der Waals surface area contributed by atoms with Crippen molar-refractivity contribution in [2.45, 2.75) is 44.6 Å². The van der Waals surface area contributed by atoms with Crippen LogP contribution in [0.3, 0.4) is 0 Å². The minimum atomic E-state index is -0.437. The molecule has 2 aromatic heterocycles. The number of nitrogens with one attached hydrogen (secondary N) is 1. The van der Waals surface area contributed by atoms with Gasteiger partial charge in [0.05, 0.1) is 0 Å². The Kier molecular flexibility index (Phi) is 5.41. The maximum atomic E-state index is 14.4. The number of para-hydroxylation sites is 1. The van der Waals surface area contributed by atoms with Gasteiger partial charge in [-0.05, 0) is 37.1 Å². The summed E-state index contributed by atoms with van der Waals surface area (Å²) in [7, 11) is 0. The minimum absolute atomic E-state index is 0.135. The summed E-state index contributed by atoms with van der Waals surface area (Å²) in [6.45, 7) is 0. The van der Waals surface area contributed by atoms with Crippen LogP contribution >= 0.6 is 0 Å². The van der Waals surface area contributed by atoms with E-state index in [1.165, 1.54) is 23.6 Å². The Morgan fingerprint density at radius 3 is 2.57 bits per heavy atom. The Hall–Kier alpha value is -3.09. The van der Waals surface area contributed by atoms with Crippen LogP contribution in [0.5, 0.6) is 0 Å². The zero-order valence-corrected chi connectivity index (χ0v) is 15.5. The van der Waals surface area contributed by atoms with Gasteiger partial charge in [0.25, 0.3) is 5.91 Å². The van der Waals surface area contributed by atoms with Crippen LogP contribution in [0.25, 0.3) is 16.9 Å². The molecule has 1 amide bonds. The van der Waals surface area contributed by atoms with Crippen LogP contribution in [0, 0.1) is 5.82 Å². The average Bonchev–Trinajstić information content (AvgIpc) is 3.00. The van der Waals surface area contributed by atoms with E-state index in [4.69, 9.17) is 0 Å². The largest absolute Gasteiger partial charge is 0.348 e. The van der Waals surface area contributed by atoms with E-state index in [1.54, 1.807) is 36.7 Å². The quantitative estimate of drug-likeness (QED) is 0.698. The lowest BCUT2D eigenvalue weighted by Gasteiger charge is -2.16. The molecule has 28 heavy (non-hydrogen) atoms. The average molecular weight is 379 g/mol. The molecule has 2 heterocycles. The minimum Gasteiger partial charge on any atom is -0.348 e. The second-order valence-electron chi connectivity index (χ2n) is 7.05. The van der Waals surface area contributed by atoms with E-state index in [9.17, 15) is 9.18 Å². The number of nitrogens with zero attached hydrogens (tertiary/aromatic N) is 4. The summed E-state index contributed by atoms with van der Waals surface area (Å²) >= 11 is 0. The molecule has 6 nitrogen and oxygen atoms in total. The van der Waals surface area contributed by atoms with Crippen LogP contribution in [0.1, 0.15) is 49.0 Å². The van der Waals surface area contributed by atoms with Crippen LogP contribution in [-0.2, 0) is 0 Å². The summed E-state index contributed by atoms with van der Waals surface area (Å²) in [5.74, 6) is -0.721. The molecule has 144 valence electrons. The number of hydrogen-bond acceptors (Lipinski definition) is 4. The molecule has 1 saturated carbocycles. The molecule has 0 bridgehead atoms. The van der Waals surface area contributed by atoms with E-state index in [-0.39, 0.29) is 23.3 Å². The molecular weight excluding hydrogens is 357 g/mol. The highest BCUT2D eigenvalue weighted by Gasteiger charge is 2.25. The first-order chi connectivity index (χ1) is 13.7.